The van der Waals surface area contributed by atoms with E-state index >= 15 is 0 Å². The third-order valence-corrected chi connectivity index (χ3v) is 3.33. The van der Waals surface area contributed by atoms with Crippen LogP contribution in [-0.2, 0) is 11.2 Å². The summed E-state index contributed by atoms with van der Waals surface area (Å²) in [6, 6.07) is 5.49. The first-order valence-electron chi connectivity index (χ1n) is 8.36. The van der Waals surface area contributed by atoms with Crippen molar-refractivity contribution in [2.45, 2.75) is 33.6 Å². The Morgan fingerprint density at radius 2 is 2.12 bits per heavy atom. The second-order valence-corrected chi connectivity index (χ2v) is 5.69. The van der Waals surface area contributed by atoms with Crippen molar-refractivity contribution in [3.8, 4) is 5.75 Å². The molecule has 0 aliphatic carbocycles. The van der Waals surface area contributed by atoms with Gasteiger partial charge < -0.3 is 14.5 Å². The highest BCUT2D eigenvalue weighted by molar-refractivity contribution is 7.80. The minimum Gasteiger partial charge on any atom is -0.493 e. The van der Waals surface area contributed by atoms with Crippen LogP contribution in [0, 0.1) is 6.92 Å². The van der Waals surface area contributed by atoms with Crippen LogP contribution in [0.2, 0.25) is 0 Å². The molecule has 0 spiro atoms. The Bertz CT molecular complexity index is 618. The Morgan fingerprint density at radius 1 is 1.32 bits per heavy atom. The van der Waals surface area contributed by atoms with Gasteiger partial charge in [-0.25, -0.2) is 9.78 Å². The molecule has 0 unspecified atom stereocenters. The van der Waals surface area contributed by atoms with Gasteiger partial charge in [-0.1, -0.05) is 13.8 Å². The van der Waals surface area contributed by atoms with Crippen LogP contribution in [0.4, 0.5) is 10.5 Å². The van der Waals surface area contributed by atoms with Crippen LogP contribution in [0.25, 0.3) is 0 Å². The molecule has 0 aliphatic heterocycles. The highest BCUT2D eigenvalue weighted by Crippen LogP contribution is 2.22. The van der Waals surface area contributed by atoms with Gasteiger partial charge in [-0.3, -0.25) is 5.32 Å². The molecule has 2 rings (SSSR count). The Morgan fingerprint density at radius 3 is 2.64 bits per heavy atom. The standard InChI is InChI=1S/C13H19NO3S.C5H8N2/c1-3-6-16-12-5-4-11(9-10(12)2)14-13(15)17-7-8-18;1-2-5-3-6-4-7-5/h4-5,9,18H,3,6-8H2,1-2H3,(H,14,15);3-4H,2H2,1H3,(H,6,7). The summed E-state index contributed by atoms with van der Waals surface area (Å²) in [4.78, 5) is 18.2. The molecule has 0 radical (unpaired) electrons. The van der Waals surface area contributed by atoms with Gasteiger partial charge in [0.1, 0.15) is 12.4 Å². The van der Waals surface area contributed by atoms with E-state index in [2.05, 4.69) is 41.8 Å². The van der Waals surface area contributed by atoms with Crippen molar-refractivity contribution in [1.82, 2.24) is 9.97 Å². The number of nitrogens with one attached hydrogen (secondary N) is 2. The summed E-state index contributed by atoms with van der Waals surface area (Å²) in [5.74, 6) is 1.35. The second kappa shape index (κ2) is 12.2. The van der Waals surface area contributed by atoms with E-state index in [-0.39, 0.29) is 0 Å². The van der Waals surface area contributed by atoms with Gasteiger partial charge in [0.2, 0.25) is 0 Å². The lowest BCUT2D eigenvalue weighted by atomic mass is 10.2. The summed E-state index contributed by atoms with van der Waals surface area (Å²) in [7, 11) is 0. The molecule has 0 bridgehead atoms. The zero-order chi connectivity index (χ0) is 18.5. The van der Waals surface area contributed by atoms with E-state index in [4.69, 9.17) is 9.47 Å². The first kappa shape index (κ1) is 20.9. The molecule has 2 N–H and O–H groups in total. The zero-order valence-electron chi connectivity index (χ0n) is 15.0. The number of thiol groups is 1. The highest BCUT2D eigenvalue weighted by Gasteiger charge is 2.05. The van der Waals surface area contributed by atoms with Gasteiger partial charge >= 0.3 is 6.09 Å². The number of imidazole rings is 1. The van der Waals surface area contributed by atoms with Crippen molar-refractivity contribution >= 4 is 24.4 Å². The molecular formula is C18H27N3O3S. The van der Waals surface area contributed by atoms with Crippen LogP contribution in [0.3, 0.4) is 0 Å². The monoisotopic (exact) mass is 365 g/mol. The van der Waals surface area contributed by atoms with Crippen molar-refractivity contribution in [3.05, 3.63) is 42.0 Å². The molecule has 0 aliphatic rings. The number of hydrogen-bond donors (Lipinski definition) is 3. The normalized spacial score (nSPS) is 9.76. The van der Waals surface area contributed by atoms with E-state index in [9.17, 15) is 4.79 Å². The van der Waals surface area contributed by atoms with Crippen LogP contribution >= 0.6 is 12.6 Å². The number of hydrogen-bond acceptors (Lipinski definition) is 5. The van der Waals surface area contributed by atoms with Gasteiger partial charge in [-0.05, 0) is 43.5 Å². The third kappa shape index (κ3) is 8.49. The van der Waals surface area contributed by atoms with Crippen molar-refractivity contribution in [1.29, 1.82) is 0 Å². The summed E-state index contributed by atoms with van der Waals surface area (Å²) >= 11 is 3.96. The number of H-pyrrole nitrogens is 1. The zero-order valence-corrected chi connectivity index (χ0v) is 15.9. The third-order valence-electron chi connectivity index (χ3n) is 3.14. The number of benzene rings is 1. The number of rotatable bonds is 7. The van der Waals surface area contributed by atoms with Crippen LogP contribution in [0.15, 0.2) is 30.7 Å². The van der Waals surface area contributed by atoms with E-state index in [0.717, 1.165) is 24.2 Å². The van der Waals surface area contributed by atoms with Crippen LogP contribution < -0.4 is 10.1 Å². The average molecular weight is 365 g/mol. The lowest BCUT2D eigenvalue weighted by molar-refractivity contribution is 0.169. The Balaban J connectivity index is 0.000000370. The average Bonchev–Trinajstić information content (AvgIpc) is 3.13. The summed E-state index contributed by atoms with van der Waals surface area (Å²) in [5, 5.41) is 2.65. The molecule has 0 fully saturated rings. The minimum atomic E-state index is -0.467. The molecule has 1 heterocycles. The number of carbonyl (C=O) groups is 1. The summed E-state index contributed by atoms with van der Waals surface area (Å²) in [5.41, 5.74) is 2.87. The highest BCUT2D eigenvalue weighted by atomic mass is 32.1. The van der Waals surface area contributed by atoms with Gasteiger partial charge in [0, 0.05) is 23.3 Å². The lowest BCUT2D eigenvalue weighted by Gasteiger charge is -2.10. The Labute approximate surface area is 154 Å². The van der Waals surface area contributed by atoms with Gasteiger partial charge in [-0.15, -0.1) is 0 Å². The molecular weight excluding hydrogens is 338 g/mol. The van der Waals surface area contributed by atoms with E-state index < -0.39 is 6.09 Å². The van der Waals surface area contributed by atoms with Gasteiger partial charge in [0.25, 0.3) is 0 Å². The van der Waals surface area contributed by atoms with Crippen molar-refractivity contribution in [3.63, 3.8) is 0 Å². The molecule has 1 aromatic heterocycles. The Kier molecular flexibility index (Phi) is 10.2. The number of aromatic nitrogens is 2. The molecule has 1 amide bonds. The predicted molar refractivity (Wildman–Crippen MR) is 104 cm³/mol. The van der Waals surface area contributed by atoms with Crippen LogP contribution in [0.1, 0.15) is 31.5 Å². The molecule has 2 aromatic rings. The van der Waals surface area contributed by atoms with Crippen LogP contribution in [0.5, 0.6) is 5.75 Å². The fourth-order valence-corrected chi connectivity index (χ4v) is 1.96. The van der Waals surface area contributed by atoms with E-state index in [0.29, 0.717) is 24.7 Å². The smallest absolute Gasteiger partial charge is 0.411 e. The number of aromatic amines is 1. The van der Waals surface area contributed by atoms with E-state index in [1.807, 2.05) is 25.3 Å². The second-order valence-electron chi connectivity index (χ2n) is 5.24. The first-order chi connectivity index (χ1) is 12.1. The molecule has 1 aromatic carbocycles. The summed E-state index contributed by atoms with van der Waals surface area (Å²) in [6.07, 6.45) is 5.07. The molecule has 25 heavy (non-hydrogen) atoms. The van der Waals surface area contributed by atoms with Gasteiger partial charge in [0.15, 0.2) is 0 Å². The van der Waals surface area contributed by atoms with Crippen molar-refractivity contribution in [2.75, 3.05) is 24.3 Å². The number of carbonyl (C=O) groups excluding carboxylic acids is 1. The minimum absolute atomic E-state index is 0.297. The number of ether oxygens (including phenoxy) is 2. The fraction of sp³-hybridized carbons (Fsp3) is 0.444. The SMILES string of the molecule is CCCOc1ccc(NC(=O)OCCS)cc1C.CCc1cnc[nH]1. The fourth-order valence-electron chi connectivity index (χ4n) is 1.87. The van der Waals surface area contributed by atoms with Gasteiger partial charge in [-0.2, -0.15) is 12.6 Å². The predicted octanol–water partition coefficient (Wildman–Crippen LogP) is 4.23. The summed E-state index contributed by atoms with van der Waals surface area (Å²) in [6.45, 7) is 7.08. The topological polar surface area (TPSA) is 76.2 Å². The number of nitrogens with zero attached hydrogens (tertiary/aromatic N) is 1. The number of amides is 1. The van der Waals surface area contributed by atoms with Crippen molar-refractivity contribution < 1.29 is 14.3 Å². The molecule has 6 nitrogen and oxygen atoms in total. The quantitative estimate of drug-likeness (QED) is 0.642. The largest absolute Gasteiger partial charge is 0.493 e. The first-order valence-corrected chi connectivity index (χ1v) is 8.99. The summed E-state index contributed by atoms with van der Waals surface area (Å²) < 4.78 is 10.4. The Hall–Kier alpha value is -2.15. The molecule has 7 heteroatoms. The van der Waals surface area contributed by atoms with Crippen LogP contribution in [-0.4, -0.2) is 35.0 Å². The lowest BCUT2D eigenvalue weighted by Crippen LogP contribution is -2.15. The van der Waals surface area contributed by atoms with E-state index in [1.54, 1.807) is 12.4 Å². The number of aryl methyl sites for hydroxylation is 2. The van der Waals surface area contributed by atoms with Gasteiger partial charge in [0.05, 0.1) is 12.9 Å². The molecule has 138 valence electrons. The molecule has 0 atom stereocenters. The maximum Gasteiger partial charge on any atom is 0.411 e. The molecule has 0 saturated carbocycles. The number of anilines is 1. The molecule has 0 saturated heterocycles. The maximum absolute atomic E-state index is 11.3. The van der Waals surface area contributed by atoms with Crippen molar-refractivity contribution in [2.24, 2.45) is 0 Å². The maximum atomic E-state index is 11.3. The van der Waals surface area contributed by atoms with E-state index in [1.165, 1.54) is 5.69 Å².